The van der Waals surface area contributed by atoms with Gasteiger partial charge in [-0.2, -0.15) is 0 Å². The minimum Gasteiger partial charge on any atom is -0.545 e. The van der Waals surface area contributed by atoms with Crippen LogP contribution in [0.4, 0.5) is 0 Å². The van der Waals surface area contributed by atoms with E-state index in [0.29, 0.717) is 5.52 Å². The third-order valence-electron chi connectivity index (χ3n) is 1.69. The molecular weight excluding hydrogens is 282 g/mol. The first kappa shape index (κ1) is 10.7. The molecule has 0 saturated heterocycles. The van der Waals surface area contributed by atoms with Gasteiger partial charge in [0.05, 0.1) is 11.5 Å². The molecule has 14 heavy (non-hydrogen) atoms. The molecule has 7 heteroatoms. The van der Waals surface area contributed by atoms with Crippen molar-refractivity contribution >= 4 is 17.0 Å². The van der Waals surface area contributed by atoms with Gasteiger partial charge in [0.1, 0.15) is 0 Å². The molecule has 2 N–H and O–H groups in total. The van der Waals surface area contributed by atoms with Crippen LogP contribution in [-0.2, 0) is 22.4 Å². The van der Waals surface area contributed by atoms with Crippen LogP contribution < -0.4 is 5.11 Å². The molecule has 0 saturated carbocycles. The zero-order valence-corrected chi connectivity index (χ0v) is 8.10. The normalized spacial score (nSPS) is 9.71. The number of carbonyl (C=O) groups is 1. The molecule has 76 valence electrons. The van der Waals surface area contributed by atoms with Crippen molar-refractivity contribution in [2.45, 2.75) is 0 Å². The summed E-state index contributed by atoms with van der Waals surface area (Å²) in [5, 5.41) is 29.2. The Hall–Kier alpha value is -1.37. The van der Waals surface area contributed by atoms with Gasteiger partial charge >= 0.3 is 22.4 Å². The molecule has 2 aromatic rings. The van der Waals surface area contributed by atoms with Gasteiger partial charge in [0.15, 0.2) is 11.3 Å². The summed E-state index contributed by atoms with van der Waals surface area (Å²) in [7, 11) is 0. The van der Waals surface area contributed by atoms with Crippen molar-refractivity contribution in [3.05, 3.63) is 17.7 Å². The van der Waals surface area contributed by atoms with Gasteiger partial charge < -0.3 is 15.0 Å². The van der Waals surface area contributed by atoms with Crippen LogP contribution in [0.1, 0.15) is 10.4 Å². The Morgan fingerprint density at radius 3 is 2.86 bits per heavy atom. The first-order valence-electron chi connectivity index (χ1n) is 3.44. The third kappa shape index (κ3) is 1.50. The molecule has 0 atom stereocenters. The number of aromatic carboxylic acids is 1. The maximum absolute atomic E-state index is 10.5. The van der Waals surface area contributed by atoms with E-state index in [0.717, 1.165) is 0 Å². The van der Waals surface area contributed by atoms with Gasteiger partial charge in [-0.1, -0.05) is 5.21 Å². The number of phenols is 1. The fourth-order valence-electron chi connectivity index (χ4n) is 1.06. The van der Waals surface area contributed by atoms with Crippen LogP contribution in [0, 0.1) is 0 Å². The molecule has 0 aliphatic heterocycles. The Labute approximate surface area is 93.4 Å². The Kier molecular flexibility index (Phi) is 2.90. The van der Waals surface area contributed by atoms with Crippen LogP contribution in [0.3, 0.4) is 0 Å². The Bertz CT molecular complexity index is 482. The summed E-state index contributed by atoms with van der Waals surface area (Å²) in [5.41, 5.74) is 0.311. The maximum atomic E-state index is 10.5. The van der Waals surface area contributed by atoms with Gasteiger partial charge in [-0.25, -0.2) is 0 Å². The number of H-pyrrole nitrogens is 1. The second-order valence-electron chi connectivity index (χ2n) is 2.46. The minimum atomic E-state index is -1.44. The third-order valence-corrected chi connectivity index (χ3v) is 1.69. The number of fused-ring (bicyclic) bond motifs is 1. The summed E-state index contributed by atoms with van der Waals surface area (Å²) in [6, 6.07) is 2.69. The predicted molar refractivity (Wildman–Crippen MR) is 39.9 cm³/mol. The van der Waals surface area contributed by atoms with Gasteiger partial charge in [0.25, 0.3) is 0 Å². The average molecular weight is 286 g/mol. The number of benzene rings is 1. The predicted octanol–water partition coefficient (Wildman–Crippen LogP) is -0.976. The standard InChI is InChI=1S/C7H5N3O3.Ag/c11-6-3(7(12)13)1-2-4-5(6)9-10-8-4;/h1-2,11H,(H,12,13)(H,8,9,10);/q;+1/p-1. The first-order chi connectivity index (χ1) is 6.20. The van der Waals surface area contributed by atoms with E-state index in [4.69, 9.17) is 0 Å². The van der Waals surface area contributed by atoms with Crippen LogP contribution >= 0.6 is 0 Å². The van der Waals surface area contributed by atoms with Gasteiger partial charge in [-0.05, 0) is 12.1 Å². The van der Waals surface area contributed by atoms with E-state index in [1.807, 2.05) is 0 Å². The summed E-state index contributed by atoms with van der Waals surface area (Å²) in [5.74, 6) is -1.87. The number of carboxylic acids is 1. The second-order valence-corrected chi connectivity index (χ2v) is 2.46. The molecule has 0 aliphatic rings. The van der Waals surface area contributed by atoms with Gasteiger partial charge in [0, 0.05) is 5.56 Å². The molecule has 6 nitrogen and oxygen atoms in total. The fraction of sp³-hybridized carbons (Fsp3) is 0. The van der Waals surface area contributed by atoms with Gasteiger partial charge in [0.2, 0.25) is 0 Å². The van der Waals surface area contributed by atoms with Crippen molar-refractivity contribution in [3.8, 4) is 5.75 Å². The summed E-state index contributed by atoms with van der Waals surface area (Å²) in [6.45, 7) is 0. The molecule has 0 spiro atoms. The second kappa shape index (κ2) is 3.79. The Morgan fingerprint density at radius 2 is 2.21 bits per heavy atom. The quantitative estimate of drug-likeness (QED) is 0.656. The van der Waals surface area contributed by atoms with E-state index in [9.17, 15) is 15.0 Å². The van der Waals surface area contributed by atoms with E-state index in [2.05, 4.69) is 15.4 Å². The molecule has 0 aliphatic carbocycles. The smallest absolute Gasteiger partial charge is 0.545 e. The van der Waals surface area contributed by atoms with Gasteiger partial charge in [-0.15, -0.1) is 5.10 Å². The van der Waals surface area contributed by atoms with Gasteiger partial charge in [-0.3, -0.25) is 5.10 Å². The molecule has 1 heterocycles. The first-order valence-corrected chi connectivity index (χ1v) is 3.44. The summed E-state index contributed by atoms with van der Waals surface area (Å²) >= 11 is 0. The Balaban J connectivity index is 0.000000980. The molecule has 0 unspecified atom stereocenters. The molecule has 0 fully saturated rings. The molecule has 1 aromatic heterocycles. The molecule has 0 amide bonds. The largest absolute Gasteiger partial charge is 1.00 e. The SMILES string of the molecule is O=C([O-])c1ccc2[nH]nnc2c1O.[Ag+]. The van der Waals surface area contributed by atoms with Crippen LogP contribution in [-0.4, -0.2) is 26.5 Å². The number of carbonyl (C=O) groups excluding carboxylic acids is 1. The zero-order valence-electron chi connectivity index (χ0n) is 6.61. The molecule has 2 rings (SSSR count). The maximum Gasteiger partial charge on any atom is 1.00 e. The number of rotatable bonds is 1. The van der Waals surface area contributed by atoms with E-state index < -0.39 is 11.7 Å². The molecule has 0 radical (unpaired) electrons. The molecule has 0 bridgehead atoms. The summed E-state index contributed by atoms with van der Waals surface area (Å²) in [4.78, 5) is 10.5. The Morgan fingerprint density at radius 1 is 1.50 bits per heavy atom. The summed E-state index contributed by atoms with van der Waals surface area (Å²) < 4.78 is 0. The van der Waals surface area contributed by atoms with Crippen molar-refractivity contribution in [2.75, 3.05) is 0 Å². The number of hydrogen-bond donors (Lipinski definition) is 2. The molecular formula is C7H4AgN3O3. The van der Waals surface area contributed by atoms with E-state index >= 15 is 0 Å². The minimum absolute atomic E-state index is 0. The van der Waals surface area contributed by atoms with Crippen LogP contribution in [0.5, 0.6) is 5.75 Å². The van der Waals surface area contributed by atoms with Crippen molar-refractivity contribution in [2.24, 2.45) is 0 Å². The number of aromatic nitrogens is 3. The van der Waals surface area contributed by atoms with E-state index in [-0.39, 0.29) is 33.5 Å². The number of carboxylic acid groups (broad SMARTS) is 1. The van der Waals surface area contributed by atoms with Crippen LogP contribution in [0.15, 0.2) is 12.1 Å². The van der Waals surface area contributed by atoms with Crippen molar-refractivity contribution in [1.82, 2.24) is 15.4 Å². The summed E-state index contributed by atoms with van der Waals surface area (Å²) in [6.07, 6.45) is 0. The topological polar surface area (TPSA) is 102 Å². The van der Waals surface area contributed by atoms with E-state index in [1.54, 1.807) is 0 Å². The number of aromatic hydroxyl groups is 1. The zero-order chi connectivity index (χ0) is 9.42. The van der Waals surface area contributed by atoms with Crippen molar-refractivity contribution in [1.29, 1.82) is 0 Å². The monoisotopic (exact) mass is 285 g/mol. The number of nitrogens with one attached hydrogen (secondary N) is 1. The number of aromatic amines is 1. The number of hydrogen-bond acceptors (Lipinski definition) is 5. The van der Waals surface area contributed by atoms with E-state index in [1.165, 1.54) is 12.1 Å². The van der Waals surface area contributed by atoms with Crippen molar-refractivity contribution in [3.63, 3.8) is 0 Å². The van der Waals surface area contributed by atoms with Crippen LogP contribution in [0.2, 0.25) is 0 Å². The van der Waals surface area contributed by atoms with Crippen molar-refractivity contribution < 1.29 is 37.4 Å². The fourth-order valence-corrected chi connectivity index (χ4v) is 1.06. The number of nitrogens with zero attached hydrogens (tertiary/aromatic N) is 2. The van der Waals surface area contributed by atoms with Crippen LogP contribution in [0.25, 0.3) is 11.0 Å². The molecule has 1 aromatic carbocycles. The average Bonchev–Trinajstić information content (AvgIpc) is 2.52.